The first kappa shape index (κ1) is 14.2. The predicted octanol–water partition coefficient (Wildman–Crippen LogP) is 3.90. The highest BCUT2D eigenvalue weighted by Crippen LogP contribution is 2.31. The van der Waals surface area contributed by atoms with Gasteiger partial charge in [0.15, 0.2) is 0 Å². The van der Waals surface area contributed by atoms with E-state index in [0.29, 0.717) is 5.92 Å². The van der Waals surface area contributed by atoms with Crippen molar-refractivity contribution < 1.29 is 9.50 Å². The first-order chi connectivity index (χ1) is 7.87. The lowest BCUT2D eigenvalue weighted by Crippen LogP contribution is -2.34. The maximum Gasteiger partial charge on any atom is 0.123 e. The van der Waals surface area contributed by atoms with Crippen molar-refractivity contribution in [3.05, 3.63) is 35.6 Å². The monoisotopic (exact) mass is 238 g/mol. The van der Waals surface area contributed by atoms with Gasteiger partial charge in [-0.2, -0.15) is 0 Å². The molecule has 1 nitrogen and oxygen atoms in total. The normalized spacial score (nSPS) is 15.6. The summed E-state index contributed by atoms with van der Waals surface area (Å²) in [4.78, 5) is 0. The van der Waals surface area contributed by atoms with Gasteiger partial charge in [-0.1, -0.05) is 46.2 Å². The van der Waals surface area contributed by atoms with Gasteiger partial charge in [-0.15, -0.1) is 0 Å². The molecule has 0 saturated carbocycles. The van der Waals surface area contributed by atoms with E-state index in [9.17, 15) is 9.50 Å². The Balaban J connectivity index is 2.82. The second-order valence-corrected chi connectivity index (χ2v) is 5.49. The van der Waals surface area contributed by atoms with E-state index in [1.54, 1.807) is 12.1 Å². The number of aliphatic hydroxyl groups excluding tert-OH is 1. The van der Waals surface area contributed by atoms with Crippen LogP contribution in [0.25, 0.3) is 0 Å². The van der Waals surface area contributed by atoms with Crippen LogP contribution in [0.2, 0.25) is 0 Å². The second kappa shape index (κ2) is 5.63. The summed E-state index contributed by atoms with van der Waals surface area (Å²) in [5, 5.41) is 10.3. The van der Waals surface area contributed by atoms with Gasteiger partial charge in [-0.3, -0.25) is 0 Å². The molecule has 2 heteroatoms. The van der Waals surface area contributed by atoms with E-state index >= 15 is 0 Å². The Morgan fingerprint density at radius 2 is 1.76 bits per heavy atom. The average molecular weight is 238 g/mol. The standard InChI is InChI=1S/C15H23FO/c1-5-11(2)10-14(17)15(3,4)12-6-8-13(16)9-7-12/h6-9,11,14,17H,5,10H2,1-4H3. The quantitative estimate of drug-likeness (QED) is 0.824. The van der Waals surface area contributed by atoms with Crippen LogP contribution in [-0.2, 0) is 5.41 Å². The smallest absolute Gasteiger partial charge is 0.123 e. The molecular weight excluding hydrogens is 215 g/mol. The van der Waals surface area contributed by atoms with Gasteiger partial charge in [0.2, 0.25) is 0 Å². The molecule has 1 aromatic carbocycles. The third kappa shape index (κ3) is 3.53. The van der Waals surface area contributed by atoms with Gasteiger partial charge < -0.3 is 5.11 Å². The zero-order valence-electron chi connectivity index (χ0n) is 11.2. The van der Waals surface area contributed by atoms with Crippen LogP contribution in [-0.4, -0.2) is 11.2 Å². The summed E-state index contributed by atoms with van der Waals surface area (Å²) < 4.78 is 12.9. The lowest BCUT2D eigenvalue weighted by atomic mass is 9.76. The zero-order valence-corrected chi connectivity index (χ0v) is 11.2. The molecule has 96 valence electrons. The van der Waals surface area contributed by atoms with Crippen LogP contribution in [0.1, 0.15) is 46.1 Å². The summed E-state index contributed by atoms with van der Waals surface area (Å²) >= 11 is 0. The van der Waals surface area contributed by atoms with E-state index in [0.717, 1.165) is 18.4 Å². The second-order valence-electron chi connectivity index (χ2n) is 5.49. The molecule has 0 heterocycles. The van der Waals surface area contributed by atoms with Crippen molar-refractivity contribution in [3.63, 3.8) is 0 Å². The molecule has 1 aromatic rings. The van der Waals surface area contributed by atoms with Crippen LogP contribution in [0.15, 0.2) is 24.3 Å². The topological polar surface area (TPSA) is 20.2 Å². The van der Waals surface area contributed by atoms with Gasteiger partial charge in [0, 0.05) is 5.41 Å². The Labute approximate surface area is 104 Å². The molecule has 0 fully saturated rings. The average Bonchev–Trinajstić information content (AvgIpc) is 2.29. The van der Waals surface area contributed by atoms with Crippen molar-refractivity contribution in [3.8, 4) is 0 Å². The molecule has 1 rings (SSSR count). The van der Waals surface area contributed by atoms with E-state index in [-0.39, 0.29) is 11.2 Å². The minimum absolute atomic E-state index is 0.235. The summed E-state index contributed by atoms with van der Waals surface area (Å²) in [5.41, 5.74) is 0.645. The van der Waals surface area contributed by atoms with Crippen molar-refractivity contribution in [1.82, 2.24) is 0 Å². The SMILES string of the molecule is CCC(C)CC(O)C(C)(C)c1ccc(F)cc1. The zero-order chi connectivity index (χ0) is 13.1. The number of halogens is 1. The largest absolute Gasteiger partial charge is 0.392 e. The summed E-state index contributed by atoms with van der Waals surface area (Å²) in [7, 11) is 0. The summed E-state index contributed by atoms with van der Waals surface area (Å²) in [6.07, 6.45) is 1.44. The molecule has 1 N–H and O–H groups in total. The molecule has 0 amide bonds. The predicted molar refractivity (Wildman–Crippen MR) is 69.5 cm³/mol. The van der Waals surface area contributed by atoms with E-state index < -0.39 is 6.10 Å². The molecule has 0 spiro atoms. The van der Waals surface area contributed by atoms with Crippen LogP contribution >= 0.6 is 0 Å². The number of hydrogen-bond donors (Lipinski definition) is 1. The van der Waals surface area contributed by atoms with Gasteiger partial charge in [0.05, 0.1) is 6.10 Å². The Kier molecular flexibility index (Phi) is 4.70. The summed E-state index contributed by atoms with van der Waals surface area (Å²) in [6.45, 7) is 8.28. The van der Waals surface area contributed by atoms with Gasteiger partial charge in [-0.05, 0) is 30.0 Å². The van der Waals surface area contributed by atoms with Crippen LogP contribution in [0, 0.1) is 11.7 Å². The molecular formula is C15H23FO. The Morgan fingerprint density at radius 1 is 1.24 bits per heavy atom. The van der Waals surface area contributed by atoms with Crippen LogP contribution in [0.5, 0.6) is 0 Å². The molecule has 2 unspecified atom stereocenters. The maximum absolute atomic E-state index is 12.9. The molecule has 0 radical (unpaired) electrons. The van der Waals surface area contributed by atoms with Crippen LogP contribution in [0.4, 0.5) is 4.39 Å². The van der Waals surface area contributed by atoms with E-state index in [1.807, 2.05) is 13.8 Å². The van der Waals surface area contributed by atoms with Crippen molar-refractivity contribution in [2.45, 2.75) is 52.1 Å². The van der Waals surface area contributed by atoms with E-state index in [1.165, 1.54) is 12.1 Å². The number of benzene rings is 1. The number of hydrogen-bond acceptors (Lipinski definition) is 1. The molecule has 0 aliphatic rings. The Hall–Kier alpha value is -0.890. The summed E-state index contributed by atoms with van der Waals surface area (Å²) in [6, 6.07) is 6.42. The van der Waals surface area contributed by atoms with E-state index in [4.69, 9.17) is 0 Å². The van der Waals surface area contributed by atoms with Crippen molar-refractivity contribution in [2.24, 2.45) is 5.92 Å². The lowest BCUT2D eigenvalue weighted by Gasteiger charge is -2.32. The Bertz CT molecular complexity index is 342. The first-order valence-electron chi connectivity index (χ1n) is 6.32. The highest BCUT2D eigenvalue weighted by Gasteiger charge is 2.30. The molecule has 0 saturated heterocycles. The lowest BCUT2D eigenvalue weighted by molar-refractivity contribution is 0.0761. The molecule has 0 bridgehead atoms. The maximum atomic E-state index is 12.9. The van der Waals surface area contributed by atoms with Gasteiger partial charge >= 0.3 is 0 Å². The van der Waals surface area contributed by atoms with E-state index in [2.05, 4.69) is 13.8 Å². The molecule has 0 aromatic heterocycles. The van der Waals surface area contributed by atoms with Gasteiger partial charge in [-0.25, -0.2) is 4.39 Å². The highest BCUT2D eigenvalue weighted by molar-refractivity contribution is 5.25. The summed E-state index contributed by atoms with van der Waals surface area (Å²) in [5.74, 6) is 0.269. The minimum atomic E-state index is -0.400. The molecule has 0 aliphatic carbocycles. The molecule has 0 aliphatic heterocycles. The Morgan fingerprint density at radius 3 is 2.24 bits per heavy atom. The fourth-order valence-corrected chi connectivity index (χ4v) is 1.91. The van der Waals surface area contributed by atoms with Crippen LogP contribution in [0.3, 0.4) is 0 Å². The third-order valence-electron chi connectivity index (χ3n) is 3.74. The first-order valence-corrected chi connectivity index (χ1v) is 6.32. The van der Waals surface area contributed by atoms with Gasteiger partial charge in [0.1, 0.15) is 5.82 Å². The fraction of sp³-hybridized carbons (Fsp3) is 0.600. The number of rotatable bonds is 5. The van der Waals surface area contributed by atoms with Crippen molar-refractivity contribution in [1.29, 1.82) is 0 Å². The number of aliphatic hydroxyl groups is 1. The molecule has 2 atom stereocenters. The molecule has 17 heavy (non-hydrogen) atoms. The third-order valence-corrected chi connectivity index (χ3v) is 3.74. The highest BCUT2D eigenvalue weighted by atomic mass is 19.1. The van der Waals surface area contributed by atoms with Gasteiger partial charge in [0.25, 0.3) is 0 Å². The van der Waals surface area contributed by atoms with Crippen molar-refractivity contribution in [2.75, 3.05) is 0 Å². The van der Waals surface area contributed by atoms with Crippen LogP contribution < -0.4 is 0 Å². The minimum Gasteiger partial charge on any atom is -0.392 e. The van der Waals surface area contributed by atoms with Crippen molar-refractivity contribution >= 4 is 0 Å². The fourth-order valence-electron chi connectivity index (χ4n) is 1.91.